The summed E-state index contributed by atoms with van der Waals surface area (Å²) in [5.74, 6) is -0.765. The second-order valence-electron chi connectivity index (χ2n) is 3.08. The zero-order valence-electron chi connectivity index (χ0n) is 8.11. The van der Waals surface area contributed by atoms with Gasteiger partial charge in [0.05, 0.1) is 18.8 Å². The maximum absolute atomic E-state index is 13.0. The van der Waals surface area contributed by atoms with E-state index in [1.165, 1.54) is 23.9 Å². The Hall–Kier alpha value is -1.91. The van der Waals surface area contributed by atoms with Gasteiger partial charge >= 0.3 is 5.97 Å². The Morgan fingerprint density at radius 1 is 1.60 bits per heavy atom. The van der Waals surface area contributed by atoms with E-state index in [1.54, 1.807) is 12.3 Å². The Kier molecular flexibility index (Phi) is 2.37. The summed E-state index contributed by atoms with van der Waals surface area (Å²) in [6, 6.07) is 4.31. The Balaban J connectivity index is 2.43. The van der Waals surface area contributed by atoms with Crippen LogP contribution in [0, 0.1) is 5.82 Å². The van der Waals surface area contributed by atoms with Crippen LogP contribution in [-0.4, -0.2) is 22.9 Å². The molecule has 0 spiro atoms. The van der Waals surface area contributed by atoms with Gasteiger partial charge in [0.15, 0.2) is 0 Å². The number of fused-ring (bicyclic) bond motifs is 1. The first-order valence-corrected chi connectivity index (χ1v) is 4.38. The molecule has 2 aromatic rings. The zero-order valence-corrected chi connectivity index (χ0v) is 8.11. The first-order chi connectivity index (χ1) is 7.20. The van der Waals surface area contributed by atoms with Crippen LogP contribution >= 0.6 is 0 Å². The van der Waals surface area contributed by atoms with Crippen molar-refractivity contribution in [1.82, 2.24) is 9.78 Å². The lowest BCUT2D eigenvalue weighted by Gasteiger charge is -2.01. The fraction of sp³-hybridized carbons (Fsp3) is 0.200. The van der Waals surface area contributed by atoms with E-state index in [1.807, 2.05) is 0 Å². The molecule has 0 saturated carbocycles. The van der Waals surface area contributed by atoms with Crippen LogP contribution in [0.4, 0.5) is 4.39 Å². The number of benzene rings is 1. The lowest BCUT2D eigenvalue weighted by Crippen LogP contribution is -2.12. The minimum absolute atomic E-state index is 0.0105. The van der Waals surface area contributed by atoms with E-state index in [2.05, 4.69) is 9.84 Å². The van der Waals surface area contributed by atoms with Gasteiger partial charge in [-0.05, 0) is 18.2 Å². The highest BCUT2D eigenvalue weighted by molar-refractivity contribution is 5.80. The van der Waals surface area contributed by atoms with Crippen molar-refractivity contribution in [3.05, 3.63) is 30.2 Å². The number of halogens is 1. The first-order valence-electron chi connectivity index (χ1n) is 4.38. The molecule has 0 saturated heterocycles. The smallest absolute Gasteiger partial charge is 0.327 e. The van der Waals surface area contributed by atoms with Gasteiger partial charge in [0.25, 0.3) is 0 Å². The third-order valence-electron chi connectivity index (χ3n) is 2.11. The number of hydrogen-bond acceptors (Lipinski definition) is 3. The Labute approximate surface area is 85.3 Å². The van der Waals surface area contributed by atoms with Crippen LogP contribution in [0.1, 0.15) is 0 Å². The largest absolute Gasteiger partial charge is 0.468 e. The molecule has 0 bridgehead atoms. The molecule has 0 aliphatic rings. The molecule has 78 valence electrons. The third kappa shape index (κ3) is 1.81. The Morgan fingerprint density at radius 3 is 3.13 bits per heavy atom. The molecule has 1 heterocycles. The number of rotatable bonds is 2. The quantitative estimate of drug-likeness (QED) is 0.700. The molecule has 1 aromatic heterocycles. The van der Waals surface area contributed by atoms with Crippen molar-refractivity contribution >= 4 is 16.9 Å². The van der Waals surface area contributed by atoms with Crippen molar-refractivity contribution in [3.8, 4) is 0 Å². The van der Waals surface area contributed by atoms with Crippen molar-refractivity contribution in [2.75, 3.05) is 7.11 Å². The molecule has 1 aromatic carbocycles. The molecule has 0 fully saturated rings. The third-order valence-corrected chi connectivity index (χ3v) is 2.11. The summed E-state index contributed by atoms with van der Waals surface area (Å²) in [5.41, 5.74) is 0.584. The average molecular weight is 208 g/mol. The SMILES string of the molecule is COC(=O)Cn1ncc2ccc(F)cc21. The van der Waals surface area contributed by atoms with Crippen LogP contribution in [-0.2, 0) is 16.1 Å². The van der Waals surface area contributed by atoms with Crippen molar-refractivity contribution < 1.29 is 13.9 Å². The molecule has 15 heavy (non-hydrogen) atoms. The molecule has 2 rings (SSSR count). The monoisotopic (exact) mass is 208 g/mol. The van der Waals surface area contributed by atoms with Crippen molar-refractivity contribution in [2.24, 2.45) is 0 Å². The topological polar surface area (TPSA) is 44.1 Å². The number of carbonyl (C=O) groups is 1. The number of carbonyl (C=O) groups excluding carboxylic acids is 1. The molecule has 0 unspecified atom stereocenters. The van der Waals surface area contributed by atoms with Crippen molar-refractivity contribution in [2.45, 2.75) is 6.54 Å². The van der Waals surface area contributed by atoms with Crippen LogP contribution < -0.4 is 0 Å². The van der Waals surface area contributed by atoms with Gasteiger partial charge < -0.3 is 4.74 Å². The normalized spacial score (nSPS) is 10.5. The van der Waals surface area contributed by atoms with E-state index in [-0.39, 0.29) is 12.4 Å². The summed E-state index contributed by atoms with van der Waals surface area (Å²) in [6.45, 7) is -0.0105. The van der Waals surface area contributed by atoms with Crippen molar-refractivity contribution in [1.29, 1.82) is 0 Å². The summed E-state index contributed by atoms with van der Waals surface area (Å²) in [4.78, 5) is 11.0. The molecule has 0 aliphatic heterocycles. The summed E-state index contributed by atoms with van der Waals surface area (Å²) in [6.07, 6.45) is 1.58. The molecule has 5 heteroatoms. The van der Waals surface area contributed by atoms with Crippen LogP contribution in [0.15, 0.2) is 24.4 Å². The fourth-order valence-corrected chi connectivity index (χ4v) is 1.36. The molecule has 0 atom stereocenters. The number of nitrogens with zero attached hydrogens (tertiary/aromatic N) is 2. The minimum atomic E-state index is -0.413. The molecular formula is C10H9FN2O2. The van der Waals surface area contributed by atoms with E-state index >= 15 is 0 Å². The number of ether oxygens (including phenoxy) is 1. The molecule has 0 N–H and O–H groups in total. The van der Waals surface area contributed by atoms with Gasteiger partial charge in [-0.3, -0.25) is 9.48 Å². The maximum Gasteiger partial charge on any atom is 0.327 e. The summed E-state index contributed by atoms with van der Waals surface area (Å²) >= 11 is 0. The van der Waals surface area contributed by atoms with Gasteiger partial charge in [0.1, 0.15) is 12.4 Å². The number of methoxy groups -OCH3 is 1. The highest BCUT2D eigenvalue weighted by Crippen LogP contribution is 2.14. The van der Waals surface area contributed by atoms with E-state index in [9.17, 15) is 9.18 Å². The van der Waals surface area contributed by atoms with Gasteiger partial charge in [0, 0.05) is 5.39 Å². The predicted octanol–water partition coefficient (Wildman–Crippen LogP) is 1.35. The van der Waals surface area contributed by atoms with Crippen LogP contribution in [0.3, 0.4) is 0 Å². The highest BCUT2D eigenvalue weighted by Gasteiger charge is 2.07. The molecule has 4 nitrogen and oxygen atoms in total. The number of hydrogen-bond donors (Lipinski definition) is 0. The lowest BCUT2D eigenvalue weighted by molar-refractivity contribution is -0.141. The summed E-state index contributed by atoms with van der Waals surface area (Å²) in [5, 5.41) is 4.77. The minimum Gasteiger partial charge on any atom is -0.468 e. The average Bonchev–Trinajstić information content (AvgIpc) is 2.61. The van der Waals surface area contributed by atoms with Crippen LogP contribution in [0.25, 0.3) is 10.9 Å². The molecule has 0 aliphatic carbocycles. The maximum atomic E-state index is 13.0. The van der Waals surface area contributed by atoms with Crippen LogP contribution in [0.2, 0.25) is 0 Å². The van der Waals surface area contributed by atoms with Crippen molar-refractivity contribution in [3.63, 3.8) is 0 Å². The molecular weight excluding hydrogens is 199 g/mol. The highest BCUT2D eigenvalue weighted by atomic mass is 19.1. The Morgan fingerprint density at radius 2 is 2.40 bits per heavy atom. The number of aromatic nitrogens is 2. The lowest BCUT2D eigenvalue weighted by atomic mass is 10.2. The van der Waals surface area contributed by atoms with Gasteiger partial charge in [0.2, 0.25) is 0 Å². The second kappa shape index (κ2) is 3.68. The summed E-state index contributed by atoms with van der Waals surface area (Å²) in [7, 11) is 1.30. The van der Waals surface area contributed by atoms with Gasteiger partial charge in [-0.15, -0.1) is 0 Å². The zero-order chi connectivity index (χ0) is 10.8. The standard InChI is InChI=1S/C10H9FN2O2/c1-15-10(14)6-13-9-4-8(11)3-2-7(9)5-12-13/h2-5H,6H2,1H3. The van der Waals surface area contributed by atoms with E-state index in [4.69, 9.17) is 0 Å². The van der Waals surface area contributed by atoms with Gasteiger partial charge in [-0.2, -0.15) is 5.10 Å². The van der Waals surface area contributed by atoms with E-state index in [0.29, 0.717) is 5.52 Å². The molecule has 0 radical (unpaired) electrons. The summed E-state index contributed by atoms with van der Waals surface area (Å²) < 4.78 is 18.9. The van der Waals surface area contributed by atoms with Crippen LogP contribution in [0.5, 0.6) is 0 Å². The van der Waals surface area contributed by atoms with E-state index in [0.717, 1.165) is 5.39 Å². The predicted molar refractivity (Wildman–Crippen MR) is 51.7 cm³/mol. The van der Waals surface area contributed by atoms with E-state index < -0.39 is 5.97 Å². The fourth-order valence-electron chi connectivity index (χ4n) is 1.36. The molecule has 0 amide bonds. The Bertz CT molecular complexity index is 507. The van der Waals surface area contributed by atoms with Gasteiger partial charge in [-0.1, -0.05) is 0 Å². The second-order valence-corrected chi connectivity index (χ2v) is 3.08. The first kappa shape index (κ1) is 9.64. The number of esters is 1. The van der Waals surface area contributed by atoms with Gasteiger partial charge in [-0.25, -0.2) is 4.39 Å².